The summed E-state index contributed by atoms with van der Waals surface area (Å²) in [6.45, 7) is 5.46. The number of pyridine rings is 1. The molecule has 0 spiro atoms. The third kappa shape index (κ3) is 2.74. The Morgan fingerprint density at radius 1 is 1.37 bits per heavy atom. The smallest absolute Gasteiger partial charge is 0.253 e. The maximum Gasteiger partial charge on any atom is 0.253 e. The van der Waals surface area contributed by atoms with Crippen molar-refractivity contribution in [2.24, 2.45) is 0 Å². The first-order chi connectivity index (χ1) is 8.93. The molecule has 1 aromatic carbocycles. The number of aryl methyl sites for hydroxylation is 1. The van der Waals surface area contributed by atoms with Crippen molar-refractivity contribution >= 4 is 16.8 Å². The molecular formula is C16H16N2O. The van der Waals surface area contributed by atoms with Crippen molar-refractivity contribution in [2.75, 3.05) is 0 Å². The average molecular weight is 252 g/mol. The first-order valence-electron chi connectivity index (χ1n) is 6.09. The zero-order valence-corrected chi connectivity index (χ0v) is 11.3. The number of amides is 1. The van der Waals surface area contributed by atoms with Crippen LogP contribution in [0.2, 0.25) is 0 Å². The number of benzene rings is 1. The number of hydrogen-bond donors (Lipinski definition) is 1. The number of fused-ring (bicyclic) bond motifs is 1. The molecule has 96 valence electrons. The molecule has 0 saturated heterocycles. The van der Waals surface area contributed by atoms with Crippen LogP contribution in [0.15, 0.2) is 30.3 Å². The van der Waals surface area contributed by atoms with Crippen LogP contribution in [0, 0.1) is 19.3 Å². The summed E-state index contributed by atoms with van der Waals surface area (Å²) in [5.41, 5.74) is 1.55. The number of carbonyl (C=O) groups excluding carboxylic acids is 1. The van der Waals surface area contributed by atoms with Gasteiger partial charge in [0.15, 0.2) is 0 Å². The third-order valence-corrected chi connectivity index (χ3v) is 2.88. The molecule has 0 unspecified atom stereocenters. The standard InChI is InChI=1S/C16H16N2O/c1-5-16(3,4)18-15(19)13-10-11(2)17-14-9-7-6-8-12(13)14/h1,6-10H,2-4H3,(H,18,19). The molecule has 0 aliphatic rings. The lowest BCUT2D eigenvalue weighted by atomic mass is 10.0. The van der Waals surface area contributed by atoms with Crippen LogP contribution in [-0.2, 0) is 0 Å². The molecule has 0 atom stereocenters. The van der Waals surface area contributed by atoms with Crippen molar-refractivity contribution in [3.05, 3.63) is 41.6 Å². The lowest BCUT2D eigenvalue weighted by Crippen LogP contribution is -2.42. The van der Waals surface area contributed by atoms with E-state index < -0.39 is 5.54 Å². The van der Waals surface area contributed by atoms with Gasteiger partial charge >= 0.3 is 0 Å². The van der Waals surface area contributed by atoms with E-state index in [9.17, 15) is 4.79 Å². The number of rotatable bonds is 2. The van der Waals surface area contributed by atoms with E-state index >= 15 is 0 Å². The number of para-hydroxylation sites is 1. The summed E-state index contributed by atoms with van der Waals surface area (Å²) in [7, 11) is 0. The van der Waals surface area contributed by atoms with E-state index in [2.05, 4.69) is 16.2 Å². The highest BCUT2D eigenvalue weighted by Crippen LogP contribution is 2.18. The largest absolute Gasteiger partial charge is 0.336 e. The second-order valence-corrected chi connectivity index (χ2v) is 5.05. The fraction of sp³-hybridized carbons (Fsp3) is 0.250. The van der Waals surface area contributed by atoms with Gasteiger partial charge in [0.1, 0.15) is 0 Å². The summed E-state index contributed by atoms with van der Waals surface area (Å²) in [4.78, 5) is 16.8. The Kier molecular flexibility index (Phi) is 3.26. The maximum atomic E-state index is 12.4. The minimum absolute atomic E-state index is 0.176. The van der Waals surface area contributed by atoms with Gasteiger partial charge in [-0.2, -0.15) is 0 Å². The highest BCUT2D eigenvalue weighted by molar-refractivity contribution is 6.06. The van der Waals surface area contributed by atoms with Gasteiger partial charge in [0.2, 0.25) is 0 Å². The Hall–Kier alpha value is -2.34. The molecule has 3 heteroatoms. The molecule has 2 aromatic rings. The molecule has 0 aliphatic carbocycles. The van der Waals surface area contributed by atoms with Crippen LogP contribution in [-0.4, -0.2) is 16.4 Å². The van der Waals surface area contributed by atoms with Crippen molar-refractivity contribution in [3.8, 4) is 12.3 Å². The number of hydrogen-bond acceptors (Lipinski definition) is 2. The van der Waals surface area contributed by atoms with Gasteiger partial charge in [-0.15, -0.1) is 6.42 Å². The Labute approximate surface area is 113 Å². The molecule has 1 N–H and O–H groups in total. The summed E-state index contributed by atoms with van der Waals surface area (Å²) in [6, 6.07) is 9.36. The van der Waals surface area contributed by atoms with E-state index in [1.165, 1.54) is 0 Å². The van der Waals surface area contributed by atoms with E-state index in [0.29, 0.717) is 5.56 Å². The fourth-order valence-electron chi connectivity index (χ4n) is 1.88. The van der Waals surface area contributed by atoms with Crippen LogP contribution in [0.5, 0.6) is 0 Å². The zero-order valence-electron chi connectivity index (χ0n) is 11.3. The molecule has 1 heterocycles. The van der Waals surface area contributed by atoms with Gasteiger partial charge < -0.3 is 5.32 Å². The van der Waals surface area contributed by atoms with Crippen molar-refractivity contribution in [1.82, 2.24) is 10.3 Å². The lowest BCUT2D eigenvalue weighted by molar-refractivity contribution is 0.0931. The summed E-state index contributed by atoms with van der Waals surface area (Å²) < 4.78 is 0. The average Bonchev–Trinajstić information content (AvgIpc) is 2.37. The summed E-state index contributed by atoms with van der Waals surface area (Å²) in [5, 5.41) is 3.67. The molecule has 0 aliphatic heterocycles. The number of nitrogens with one attached hydrogen (secondary N) is 1. The van der Waals surface area contributed by atoms with Crippen LogP contribution in [0.3, 0.4) is 0 Å². The zero-order chi connectivity index (χ0) is 14.0. The van der Waals surface area contributed by atoms with Crippen molar-refractivity contribution < 1.29 is 4.79 Å². The van der Waals surface area contributed by atoms with E-state index in [1.54, 1.807) is 19.9 Å². The first-order valence-corrected chi connectivity index (χ1v) is 6.09. The highest BCUT2D eigenvalue weighted by Gasteiger charge is 2.20. The van der Waals surface area contributed by atoms with Gasteiger partial charge in [-0.3, -0.25) is 9.78 Å². The number of nitrogens with zero attached hydrogens (tertiary/aromatic N) is 1. The molecule has 0 bridgehead atoms. The summed E-state index contributed by atoms with van der Waals surface area (Å²) in [5.74, 6) is 2.38. The van der Waals surface area contributed by atoms with Gasteiger partial charge in [0.25, 0.3) is 5.91 Å². The van der Waals surface area contributed by atoms with E-state index in [1.807, 2.05) is 31.2 Å². The van der Waals surface area contributed by atoms with Crippen LogP contribution in [0.25, 0.3) is 10.9 Å². The Bertz CT molecular complexity index is 681. The van der Waals surface area contributed by atoms with Gasteiger partial charge in [-0.05, 0) is 32.9 Å². The topological polar surface area (TPSA) is 42.0 Å². The molecule has 3 nitrogen and oxygen atoms in total. The predicted octanol–water partition coefficient (Wildman–Crippen LogP) is 2.68. The number of carbonyl (C=O) groups is 1. The predicted molar refractivity (Wildman–Crippen MR) is 76.9 cm³/mol. The van der Waals surface area contributed by atoms with E-state index in [0.717, 1.165) is 16.6 Å². The minimum atomic E-state index is -0.671. The third-order valence-electron chi connectivity index (χ3n) is 2.88. The lowest BCUT2D eigenvalue weighted by Gasteiger charge is -2.20. The SMILES string of the molecule is C#CC(C)(C)NC(=O)c1cc(C)nc2ccccc12. The number of terminal acetylenes is 1. The molecule has 2 rings (SSSR count). The summed E-state index contributed by atoms with van der Waals surface area (Å²) >= 11 is 0. The molecule has 0 radical (unpaired) electrons. The van der Waals surface area contributed by atoms with Crippen LogP contribution in [0.4, 0.5) is 0 Å². The fourth-order valence-corrected chi connectivity index (χ4v) is 1.88. The number of aromatic nitrogens is 1. The monoisotopic (exact) mass is 252 g/mol. The van der Waals surface area contributed by atoms with Crippen molar-refractivity contribution in [1.29, 1.82) is 0 Å². The van der Waals surface area contributed by atoms with E-state index in [4.69, 9.17) is 6.42 Å². The van der Waals surface area contributed by atoms with Crippen LogP contribution < -0.4 is 5.32 Å². The minimum Gasteiger partial charge on any atom is -0.336 e. The molecule has 1 aromatic heterocycles. The second kappa shape index (κ2) is 4.74. The maximum absolute atomic E-state index is 12.4. The normalized spacial score (nSPS) is 11.1. The molecular weight excluding hydrogens is 236 g/mol. The molecule has 0 saturated carbocycles. The van der Waals surface area contributed by atoms with Crippen molar-refractivity contribution in [2.45, 2.75) is 26.3 Å². The summed E-state index contributed by atoms with van der Waals surface area (Å²) in [6.07, 6.45) is 5.40. The Balaban J connectivity index is 2.51. The van der Waals surface area contributed by atoms with Crippen molar-refractivity contribution in [3.63, 3.8) is 0 Å². The van der Waals surface area contributed by atoms with Crippen LogP contribution >= 0.6 is 0 Å². The molecule has 19 heavy (non-hydrogen) atoms. The highest BCUT2D eigenvalue weighted by atomic mass is 16.1. The first kappa shape index (κ1) is 13.1. The van der Waals surface area contributed by atoms with Gasteiger partial charge in [0, 0.05) is 11.1 Å². The molecule has 0 fully saturated rings. The van der Waals surface area contributed by atoms with E-state index in [-0.39, 0.29) is 5.91 Å². The Morgan fingerprint density at radius 3 is 2.74 bits per heavy atom. The Morgan fingerprint density at radius 2 is 2.05 bits per heavy atom. The van der Waals surface area contributed by atoms with Gasteiger partial charge in [-0.1, -0.05) is 24.1 Å². The second-order valence-electron chi connectivity index (χ2n) is 5.05. The van der Waals surface area contributed by atoms with Gasteiger partial charge in [0.05, 0.1) is 16.6 Å². The quantitative estimate of drug-likeness (QED) is 0.835. The van der Waals surface area contributed by atoms with Crippen LogP contribution in [0.1, 0.15) is 29.9 Å². The molecule has 1 amide bonds. The van der Waals surface area contributed by atoms with Gasteiger partial charge in [-0.25, -0.2) is 0 Å².